The SMILES string of the molecule is Cc1nc2ccccc2n1[C@@H](C)C(=O)N1CCN(c2nccs2)CC1. The summed E-state index contributed by atoms with van der Waals surface area (Å²) in [6, 6.07) is 7.73. The minimum absolute atomic E-state index is 0.157. The van der Waals surface area contributed by atoms with Crippen LogP contribution < -0.4 is 4.90 Å². The van der Waals surface area contributed by atoms with Gasteiger partial charge in [-0.1, -0.05) is 12.1 Å². The van der Waals surface area contributed by atoms with Gasteiger partial charge in [-0.2, -0.15) is 0 Å². The summed E-state index contributed by atoms with van der Waals surface area (Å²) in [5.74, 6) is 1.04. The van der Waals surface area contributed by atoms with Crippen LogP contribution in [-0.4, -0.2) is 51.5 Å². The van der Waals surface area contributed by atoms with Gasteiger partial charge in [-0.25, -0.2) is 9.97 Å². The maximum atomic E-state index is 13.0. The fourth-order valence-corrected chi connectivity index (χ4v) is 4.22. The van der Waals surface area contributed by atoms with Gasteiger partial charge in [0.25, 0.3) is 0 Å². The Balaban J connectivity index is 1.50. The van der Waals surface area contributed by atoms with Gasteiger partial charge < -0.3 is 14.4 Å². The summed E-state index contributed by atoms with van der Waals surface area (Å²) < 4.78 is 2.05. The number of nitrogens with zero attached hydrogens (tertiary/aromatic N) is 5. The summed E-state index contributed by atoms with van der Waals surface area (Å²) in [6.07, 6.45) is 1.83. The highest BCUT2D eigenvalue weighted by molar-refractivity contribution is 7.13. The van der Waals surface area contributed by atoms with Crippen molar-refractivity contribution < 1.29 is 4.79 Å². The molecule has 0 bridgehead atoms. The van der Waals surface area contributed by atoms with E-state index in [1.807, 2.05) is 59.2 Å². The van der Waals surface area contributed by atoms with E-state index in [0.717, 1.165) is 48.2 Å². The number of benzene rings is 1. The summed E-state index contributed by atoms with van der Waals surface area (Å²) in [4.78, 5) is 26.2. The van der Waals surface area contributed by atoms with Crippen LogP contribution in [0.15, 0.2) is 35.8 Å². The van der Waals surface area contributed by atoms with Crippen LogP contribution in [0.4, 0.5) is 5.13 Å². The van der Waals surface area contributed by atoms with Crippen molar-refractivity contribution in [3.05, 3.63) is 41.7 Å². The molecule has 1 saturated heterocycles. The minimum atomic E-state index is -0.251. The molecule has 3 aromatic rings. The third-order valence-electron chi connectivity index (χ3n) is 4.80. The lowest BCUT2D eigenvalue weighted by atomic mass is 10.2. The van der Waals surface area contributed by atoms with E-state index >= 15 is 0 Å². The minimum Gasteiger partial charge on any atom is -0.345 e. The first-order valence-electron chi connectivity index (χ1n) is 8.52. The zero-order valence-corrected chi connectivity index (χ0v) is 15.2. The maximum Gasteiger partial charge on any atom is 0.245 e. The van der Waals surface area contributed by atoms with Gasteiger partial charge in [-0.3, -0.25) is 4.79 Å². The Hall–Kier alpha value is -2.41. The number of thiazole rings is 1. The van der Waals surface area contributed by atoms with Crippen LogP contribution in [0.3, 0.4) is 0 Å². The molecule has 0 radical (unpaired) electrons. The average Bonchev–Trinajstić information content (AvgIpc) is 3.27. The molecule has 2 aromatic heterocycles. The molecule has 1 aromatic carbocycles. The lowest BCUT2D eigenvalue weighted by Gasteiger charge is -2.36. The predicted octanol–water partition coefficient (Wildman–Crippen LogP) is 2.71. The highest BCUT2D eigenvalue weighted by Gasteiger charge is 2.28. The van der Waals surface area contributed by atoms with Crippen LogP contribution in [0, 0.1) is 6.92 Å². The first-order chi connectivity index (χ1) is 12.1. The number of aryl methyl sites for hydroxylation is 1. The molecule has 4 rings (SSSR count). The van der Waals surface area contributed by atoms with Gasteiger partial charge in [0.1, 0.15) is 11.9 Å². The lowest BCUT2D eigenvalue weighted by Crippen LogP contribution is -2.50. The van der Waals surface area contributed by atoms with Crippen LogP contribution in [0.1, 0.15) is 18.8 Å². The molecule has 3 heterocycles. The van der Waals surface area contributed by atoms with E-state index in [1.165, 1.54) is 0 Å². The summed E-state index contributed by atoms with van der Waals surface area (Å²) in [5.41, 5.74) is 1.95. The Morgan fingerprint density at radius 1 is 1.20 bits per heavy atom. The summed E-state index contributed by atoms with van der Waals surface area (Å²) in [5, 5.41) is 3.03. The standard InChI is InChI=1S/C18H21N5OS/c1-13(23-14(2)20-15-5-3-4-6-16(15)23)17(24)21-8-10-22(11-9-21)18-19-7-12-25-18/h3-7,12-13H,8-11H2,1-2H3/t13-/m0/s1. The first-order valence-corrected chi connectivity index (χ1v) is 9.40. The third-order valence-corrected chi connectivity index (χ3v) is 5.63. The van der Waals surface area contributed by atoms with Crippen molar-refractivity contribution in [2.45, 2.75) is 19.9 Å². The Labute approximate surface area is 150 Å². The second-order valence-corrected chi connectivity index (χ2v) is 7.19. The Bertz CT molecular complexity index is 880. The van der Waals surface area contributed by atoms with Crippen molar-refractivity contribution >= 4 is 33.4 Å². The van der Waals surface area contributed by atoms with Crippen molar-refractivity contribution in [1.82, 2.24) is 19.4 Å². The van der Waals surface area contributed by atoms with E-state index in [1.54, 1.807) is 11.3 Å². The van der Waals surface area contributed by atoms with Crippen molar-refractivity contribution in [2.24, 2.45) is 0 Å². The Morgan fingerprint density at radius 2 is 1.96 bits per heavy atom. The lowest BCUT2D eigenvalue weighted by molar-refractivity contribution is -0.134. The molecular weight excluding hydrogens is 334 g/mol. The van der Waals surface area contributed by atoms with Crippen LogP contribution in [0.5, 0.6) is 0 Å². The summed E-state index contributed by atoms with van der Waals surface area (Å²) in [7, 11) is 0. The zero-order valence-electron chi connectivity index (χ0n) is 14.4. The molecule has 1 amide bonds. The fraction of sp³-hybridized carbons (Fsp3) is 0.389. The van der Waals surface area contributed by atoms with Crippen molar-refractivity contribution in [1.29, 1.82) is 0 Å². The molecule has 25 heavy (non-hydrogen) atoms. The summed E-state index contributed by atoms with van der Waals surface area (Å²) in [6.45, 7) is 7.05. The number of anilines is 1. The highest BCUT2D eigenvalue weighted by Crippen LogP contribution is 2.24. The molecule has 1 atom stereocenters. The van der Waals surface area contributed by atoms with E-state index in [4.69, 9.17) is 0 Å². The zero-order chi connectivity index (χ0) is 17.4. The van der Waals surface area contributed by atoms with E-state index in [2.05, 4.69) is 14.9 Å². The number of amides is 1. The first kappa shape index (κ1) is 16.1. The number of piperazine rings is 1. The van der Waals surface area contributed by atoms with Gasteiger partial charge in [-0.15, -0.1) is 11.3 Å². The van der Waals surface area contributed by atoms with Crippen molar-refractivity contribution in [2.75, 3.05) is 31.1 Å². The number of hydrogen-bond donors (Lipinski definition) is 0. The number of para-hydroxylation sites is 2. The molecule has 7 heteroatoms. The highest BCUT2D eigenvalue weighted by atomic mass is 32.1. The summed E-state index contributed by atoms with van der Waals surface area (Å²) >= 11 is 1.65. The molecule has 0 aliphatic carbocycles. The number of carbonyl (C=O) groups is 1. The molecule has 1 aliphatic heterocycles. The van der Waals surface area contributed by atoms with Crippen molar-refractivity contribution in [3.8, 4) is 0 Å². The van der Waals surface area contributed by atoms with Gasteiger partial charge >= 0.3 is 0 Å². The number of carbonyl (C=O) groups excluding carboxylic acids is 1. The molecule has 6 nitrogen and oxygen atoms in total. The van der Waals surface area contributed by atoms with Gasteiger partial charge in [0.05, 0.1) is 11.0 Å². The molecule has 130 valence electrons. The van der Waals surface area contributed by atoms with E-state index in [0.29, 0.717) is 0 Å². The van der Waals surface area contributed by atoms with Gasteiger partial charge in [0.15, 0.2) is 5.13 Å². The number of fused-ring (bicyclic) bond motifs is 1. The van der Waals surface area contributed by atoms with Gasteiger partial charge in [0.2, 0.25) is 5.91 Å². The molecular formula is C18H21N5OS. The number of rotatable bonds is 3. The smallest absolute Gasteiger partial charge is 0.245 e. The van der Waals surface area contributed by atoms with Crippen LogP contribution in [-0.2, 0) is 4.79 Å². The second-order valence-electron chi connectivity index (χ2n) is 6.32. The van der Waals surface area contributed by atoms with Crippen LogP contribution in [0.25, 0.3) is 11.0 Å². The maximum absolute atomic E-state index is 13.0. The Kier molecular flexibility index (Phi) is 4.17. The molecule has 1 aliphatic rings. The van der Waals surface area contributed by atoms with Crippen LogP contribution >= 0.6 is 11.3 Å². The molecule has 1 fully saturated rings. The monoisotopic (exact) mass is 355 g/mol. The van der Waals surface area contributed by atoms with Crippen molar-refractivity contribution in [3.63, 3.8) is 0 Å². The molecule has 0 unspecified atom stereocenters. The van der Waals surface area contributed by atoms with Crippen LogP contribution in [0.2, 0.25) is 0 Å². The third kappa shape index (κ3) is 2.89. The van der Waals surface area contributed by atoms with E-state index in [-0.39, 0.29) is 11.9 Å². The quantitative estimate of drug-likeness (QED) is 0.725. The number of aromatic nitrogens is 3. The normalized spacial score (nSPS) is 16.4. The van der Waals surface area contributed by atoms with Gasteiger partial charge in [0, 0.05) is 37.8 Å². The molecule has 0 spiro atoms. The van der Waals surface area contributed by atoms with E-state index in [9.17, 15) is 4.79 Å². The van der Waals surface area contributed by atoms with Gasteiger partial charge in [-0.05, 0) is 26.0 Å². The predicted molar refractivity (Wildman–Crippen MR) is 100 cm³/mol. The molecule has 0 saturated carbocycles. The molecule has 0 N–H and O–H groups in total. The number of hydrogen-bond acceptors (Lipinski definition) is 5. The average molecular weight is 355 g/mol. The second kappa shape index (κ2) is 6.48. The Morgan fingerprint density at radius 3 is 2.68 bits per heavy atom. The topological polar surface area (TPSA) is 54.3 Å². The largest absolute Gasteiger partial charge is 0.345 e. The fourth-order valence-electron chi connectivity index (χ4n) is 3.52. The number of imidazole rings is 1. The van der Waals surface area contributed by atoms with E-state index < -0.39 is 0 Å².